The fourth-order valence-electron chi connectivity index (χ4n) is 4.30. The summed E-state index contributed by atoms with van der Waals surface area (Å²) in [5.74, 6) is 0.576. The third-order valence-electron chi connectivity index (χ3n) is 6.25. The summed E-state index contributed by atoms with van der Waals surface area (Å²) in [6, 6.07) is 6.70. The Kier molecular flexibility index (Phi) is 7.35. The van der Waals surface area contributed by atoms with Gasteiger partial charge in [0.1, 0.15) is 17.0 Å². The van der Waals surface area contributed by atoms with Gasteiger partial charge in [0.2, 0.25) is 11.9 Å². The van der Waals surface area contributed by atoms with Crippen LogP contribution in [0.1, 0.15) is 6.92 Å². The average molecular weight is 530 g/mol. The number of ketones is 1. The summed E-state index contributed by atoms with van der Waals surface area (Å²) in [5, 5.41) is 10.6. The van der Waals surface area contributed by atoms with Crippen LogP contribution in [-0.2, 0) is 9.59 Å². The molecule has 2 heterocycles. The molecule has 9 nitrogen and oxygen atoms in total. The number of methoxy groups -OCH3 is 2. The smallest absolute Gasteiger partial charge is 0.244 e. The normalized spacial score (nSPS) is 19.1. The maximum absolute atomic E-state index is 12.5. The fourth-order valence-corrected chi connectivity index (χ4v) is 5.02. The van der Waals surface area contributed by atoms with E-state index < -0.39 is 17.5 Å². The Morgan fingerprint density at radius 1 is 1.19 bits per heavy atom. The van der Waals surface area contributed by atoms with Crippen LogP contribution in [0.3, 0.4) is 0 Å². The molecular formula is C25H25Cl2N5O4. The molecule has 188 valence electrons. The number of amides is 1. The van der Waals surface area contributed by atoms with Crippen LogP contribution in [0.2, 0.25) is 10.0 Å². The summed E-state index contributed by atoms with van der Waals surface area (Å²) < 4.78 is 10.7. The second-order valence-corrected chi connectivity index (χ2v) is 9.06. The molecule has 2 atom stereocenters. The molecule has 1 fully saturated rings. The highest BCUT2D eigenvalue weighted by Crippen LogP contribution is 2.46. The number of rotatable bonds is 8. The molecule has 4 rings (SSSR count). The molecule has 2 aromatic carbocycles. The second kappa shape index (κ2) is 10.3. The van der Waals surface area contributed by atoms with Crippen LogP contribution in [0.15, 0.2) is 43.1 Å². The number of Topliss-reactive ketones (excluding diaryl/α,β-unsaturated/α-hetero) is 1. The first-order valence-electron chi connectivity index (χ1n) is 11.0. The number of benzene rings is 2. The Hall–Kier alpha value is -3.40. The van der Waals surface area contributed by atoms with E-state index in [1.807, 2.05) is 18.2 Å². The highest BCUT2D eigenvalue weighted by molar-refractivity contribution is 6.41. The van der Waals surface area contributed by atoms with E-state index in [1.165, 1.54) is 21.1 Å². The molecule has 1 aliphatic heterocycles. The molecule has 3 aromatic rings. The first-order valence-corrected chi connectivity index (χ1v) is 11.8. The zero-order chi connectivity index (χ0) is 26.0. The number of halogens is 2. The maximum Gasteiger partial charge on any atom is 0.244 e. The van der Waals surface area contributed by atoms with Gasteiger partial charge in [0.15, 0.2) is 5.78 Å². The van der Waals surface area contributed by atoms with Crippen molar-refractivity contribution in [2.45, 2.75) is 18.5 Å². The number of aromatic nitrogens is 2. The standard InChI is InChI=1S/C25H25Cl2N5O4/c1-5-20(34)32-25(13(2)33)12-28-11-19(25)31-24-29-10-15-8-14(6-7-16(15)30-24)21-22(26)17(35-3)9-18(36-4)23(21)27/h5-10,19,28H,1,11-12H2,2-4H3,(H,32,34)(H,29,30,31)/t19-,25-/m1/s1. The first-order chi connectivity index (χ1) is 17.2. The van der Waals surface area contributed by atoms with Crippen LogP contribution >= 0.6 is 23.2 Å². The summed E-state index contributed by atoms with van der Waals surface area (Å²) in [5.41, 5.74) is 0.821. The summed E-state index contributed by atoms with van der Waals surface area (Å²) in [6.45, 7) is 5.63. The van der Waals surface area contributed by atoms with Crippen LogP contribution in [0.5, 0.6) is 11.5 Å². The Morgan fingerprint density at radius 3 is 2.50 bits per heavy atom. The molecule has 0 saturated carbocycles. The summed E-state index contributed by atoms with van der Waals surface area (Å²) in [7, 11) is 3.04. The van der Waals surface area contributed by atoms with E-state index in [0.717, 1.165) is 17.0 Å². The van der Waals surface area contributed by atoms with Gasteiger partial charge < -0.3 is 25.4 Å². The molecule has 0 aliphatic carbocycles. The largest absolute Gasteiger partial charge is 0.495 e. The Balaban J connectivity index is 1.68. The van der Waals surface area contributed by atoms with E-state index >= 15 is 0 Å². The Bertz CT molecular complexity index is 1340. The summed E-state index contributed by atoms with van der Waals surface area (Å²) in [4.78, 5) is 33.6. The van der Waals surface area contributed by atoms with E-state index in [9.17, 15) is 9.59 Å². The second-order valence-electron chi connectivity index (χ2n) is 8.30. The minimum Gasteiger partial charge on any atom is -0.495 e. The van der Waals surface area contributed by atoms with Crippen LogP contribution in [-0.4, -0.2) is 60.5 Å². The summed E-state index contributed by atoms with van der Waals surface area (Å²) >= 11 is 13.1. The van der Waals surface area contributed by atoms with Crippen molar-refractivity contribution in [3.63, 3.8) is 0 Å². The SMILES string of the molecule is C=CC(=O)N[C@@]1(C(C)=O)CNC[C@H]1Nc1ncc2cc(-c3c(Cl)c(OC)cc(OC)c3Cl)ccc2n1. The third-order valence-corrected chi connectivity index (χ3v) is 7.00. The number of ether oxygens (including phenoxy) is 2. The number of carbonyl (C=O) groups excluding carboxylic acids is 2. The van der Waals surface area contributed by atoms with Crippen molar-refractivity contribution in [2.24, 2.45) is 0 Å². The van der Waals surface area contributed by atoms with E-state index in [0.29, 0.717) is 45.1 Å². The van der Waals surface area contributed by atoms with Crippen LogP contribution in [0.25, 0.3) is 22.0 Å². The topological polar surface area (TPSA) is 114 Å². The highest BCUT2D eigenvalue weighted by Gasteiger charge is 2.48. The van der Waals surface area contributed by atoms with Gasteiger partial charge >= 0.3 is 0 Å². The van der Waals surface area contributed by atoms with Crippen LogP contribution in [0, 0.1) is 0 Å². The maximum atomic E-state index is 12.5. The molecule has 1 aromatic heterocycles. The van der Waals surface area contributed by atoms with Crippen LogP contribution in [0.4, 0.5) is 5.95 Å². The lowest BCUT2D eigenvalue weighted by molar-refractivity contribution is -0.128. The van der Waals surface area contributed by atoms with Crippen molar-refractivity contribution >= 4 is 51.7 Å². The van der Waals surface area contributed by atoms with Gasteiger partial charge in [-0.1, -0.05) is 35.8 Å². The van der Waals surface area contributed by atoms with E-state index in [2.05, 4.69) is 32.5 Å². The molecule has 1 aliphatic rings. The third kappa shape index (κ3) is 4.57. The van der Waals surface area contributed by atoms with E-state index in [-0.39, 0.29) is 12.3 Å². The monoisotopic (exact) mass is 529 g/mol. The molecule has 36 heavy (non-hydrogen) atoms. The van der Waals surface area contributed by atoms with Gasteiger partial charge in [-0.25, -0.2) is 9.97 Å². The predicted molar refractivity (Wildman–Crippen MR) is 140 cm³/mol. The zero-order valence-corrected chi connectivity index (χ0v) is 21.5. The molecule has 3 N–H and O–H groups in total. The first kappa shape index (κ1) is 25.7. The van der Waals surface area contributed by atoms with E-state index in [1.54, 1.807) is 12.3 Å². The number of fused-ring (bicyclic) bond motifs is 1. The van der Waals surface area contributed by atoms with Crippen molar-refractivity contribution in [1.29, 1.82) is 0 Å². The minimum atomic E-state index is -1.15. The van der Waals surface area contributed by atoms with Gasteiger partial charge in [0.05, 0.1) is 35.8 Å². The van der Waals surface area contributed by atoms with Gasteiger partial charge in [-0.15, -0.1) is 0 Å². The molecule has 0 radical (unpaired) electrons. The molecule has 11 heteroatoms. The quantitative estimate of drug-likeness (QED) is 0.379. The lowest BCUT2D eigenvalue weighted by atomic mass is 9.89. The van der Waals surface area contributed by atoms with Crippen molar-refractivity contribution in [2.75, 3.05) is 32.6 Å². The van der Waals surface area contributed by atoms with Crippen LogP contribution < -0.4 is 25.4 Å². The number of hydrogen-bond acceptors (Lipinski definition) is 8. The van der Waals surface area contributed by atoms with Crippen molar-refractivity contribution < 1.29 is 19.1 Å². The number of carbonyl (C=O) groups is 2. The van der Waals surface area contributed by atoms with Gasteiger partial charge in [0, 0.05) is 36.3 Å². The lowest BCUT2D eigenvalue weighted by Crippen LogP contribution is -2.63. The predicted octanol–water partition coefficient (Wildman–Crippen LogP) is 3.63. The number of anilines is 1. The molecule has 1 saturated heterocycles. The van der Waals surface area contributed by atoms with Crippen molar-refractivity contribution in [1.82, 2.24) is 20.6 Å². The number of nitrogens with one attached hydrogen (secondary N) is 3. The molecular weight excluding hydrogens is 505 g/mol. The minimum absolute atomic E-state index is 0.187. The lowest BCUT2D eigenvalue weighted by Gasteiger charge is -2.33. The zero-order valence-electron chi connectivity index (χ0n) is 19.9. The van der Waals surface area contributed by atoms with Gasteiger partial charge in [-0.05, 0) is 30.7 Å². The molecule has 0 spiro atoms. The summed E-state index contributed by atoms with van der Waals surface area (Å²) in [6.07, 6.45) is 2.80. The Morgan fingerprint density at radius 2 is 1.89 bits per heavy atom. The van der Waals surface area contributed by atoms with Crippen molar-refractivity contribution in [3.05, 3.63) is 53.2 Å². The van der Waals surface area contributed by atoms with Gasteiger partial charge in [-0.2, -0.15) is 0 Å². The van der Waals surface area contributed by atoms with Gasteiger partial charge in [-0.3, -0.25) is 9.59 Å². The number of hydrogen-bond donors (Lipinski definition) is 3. The number of nitrogens with zero attached hydrogens (tertiary/aromatic N) is 2. The van der Waals surface area contributed by atoms with Crippen molar-refractivity contribution in [3.8, 4) is 22.6 Å². The van der Waals surface area contributed by atoms with Gasteiger partial charge in [0.25, 0.3) is 0 Å². The average Bonchev–Trinajstić information content (AvgIpc) is 3.27. The fraction of sp³-hybridized carbons (Fsp3) is 0.280. The molecule has 1 amide bonds. The van der Waals surface area contributed by atoms with E-state index in [4.69, 9.17) is 32.7 Å². The highest BCUT2D eigenvalue weighted by atomic mass is 35.5. The Labute approximate surface area is 218 Å². The molecule has 0 bridgehead atoms. The molecule has 0 unspecified atom stereocenters.